The van der Waals surface area contributed by atoms with Gasteiger partial charge in [0.05, 0.1) is 0 Å². The highest BCUT2D eigenvalue weighted by atomic mass is 15.3. The zero-order valence-corrected chi connectivity index (χ0v) is 13.3. The molecule has 0 aliphatic heterocycles. The van der Waals surface area contributed by atoms with E-state index >= 15 is 0 Å². The van der Waals surface area contributed by atoms with Crippen LogP contribution in [0.1, 0.15) is 71.2 Å². The smallest absolute Gasteiger partial charge is 0.133 e. The van der Waals surface area contributed by atoms with Crippen molar-refractivity contribution in [2.45, 2.75) is 71.8 Å². The van der Waals surface area contributed by atoms with Gasteiger partial charge >= 0.3 is 0 Å². The van der Waals surface area contributed by atoms with E-state index in [0.717, 1.165) is 25.8 Å². The Bertz CT molecular complexity index is 399. The fourth-order valence-electron chi connectivity index (χ4n) is 3.45. The maximum Gasteiger partial charge on any atom is 0.133 e. The van der Waals surface area contributed by atoms with Gasteiger partial charge in [0.2, 0.25) is 0 Å². The minimum absolute atomic E-state index is 0.317. The summed E-state index contributed by atoms with van der Waals surface area (Å²) in [4.78, 5) is 0. The second-order valence-electron chi connectivity index (χ2n) is 7.27. The Morgan fingerprint density at radius 3 is 2.60 bits per heavy atom. The molecule has 0 saturated heterocycles. The first kappa shape index (κ1) is 15.5. The van der Waals surface area contributed by atoms with E-state index in [-0.39, 0.29) is 0 Å². The summed E-state index contributed by atoms with van der Waals surface area (Å²) in [5, 5.41) is 8.50. The van der Waals surface area contributed by atoms with Crippen LogP contribution in [0.2, 0.25) is 0 Å². The average Bonchev–Trinajstić information content (AvgIpc) is 3.02. The van der Waals surface area contributed by atoms with Crippen molar-refractivity contribution in [1.29, 1.82) is 0 Å². The SMILES string of the molecule is CC(C)(C)C(CCN)CCc1nncn1C1CCCC1. The third-order valence-electron chi connectivity index (χ3n) is 4.82. The Hall–Kier alpha value is -0.900. The lowest BCUT2D eigenvalue weighted by Crippen LogP contribution is -2.24. The monoisotopic (exact) mass is 278 g/mol. The summed E-state index contributed by atoms with van der Waals surface area (Å²) < 4.78 is 2.33. The first-order valence-corrected chi connectivity index (χ1v) is 8.11. The molecular weight excluding hydrogens is 248 g/mol. The average molecular weight is 278 g/mol. The molecule has 1 atom stereocenters. The summed E-state index contributed by atoms with van der Waals surface area (Å²) in [6.07, 6.45) is 10.5. The van der Waals surface area contributed by atoms with Crippen LogP contribution in [0.25, 0.3) is 0 Å². The van der Waals surface area contributed by atoms with Gasteiger partial charge in [-0.05, 0) is 43.6 Å². The van der Waals surface area contributed by atoms with Crippen LogP contribution in [0.5, 0.6) is 0 Å². The van der Waals surface area contributed by atoms with Crippen LogP contribution in [0.3, 0.4) is 0 Å². The fourth-order valence-corrected chi connectivity index (χ4v) is 3.45. The van der Waals surface area contributed by atoms with E-state index in [4.69, 9.17) is 5.73 Å². The molecule has 1 heterocycles. The Morgan fingerprint density at radius 2 is 2.00 bits per heavy atom. The lowest BCUT2D eigenvalue weighted by Gasteiger charge is -2.30. The fraction of sp³-hybridized carbons (Fsp3) is 0.875. The number of aromatic nitrogens is 3. The van der Waals surface area contributed by atoms with Gasteiger partial charge in [-0.3, -0.25) is 0 Å². The van der Waals surface area contributed by atoms with Crippen molar-refractivity contribution in [1.82, 2.24) is 14.8 Å². The van der Waals surface area contributed by atoms with Crippen LogP contribution in [0, 0.1) is 11.3 Å². The first-order valence-electron chi connectivity index (χ1n) is 8.11. The van der Waals surface area contributed by atoms with E-state index in [1.807, 2.05) is 6.33 Å². The number of nitrogens with two attached hydrogens (primary N) is 1. The molecule has 0 spiro atoms. The maximum absolute atomic E-state index is 5.77. The molecule has 1 unspecified atom stereocenters. The molecule has 1 aliphatic carbocycles. The predicted molar refractivity (Wildman–Crippen MR) is 82.5 cm³/mol. The second-order valence-corrected chi connectivity index (χ2v) is 7.27. The molecule has 1 aliphatic rings. The Morgan fingerprint density at radius 1 is 1.30 bits per heavy atom. The highest BCUT2D eigenvalue weighted by Gasteiger charge is 2.25. The predicted octanol–water partition coefficient (Wildman–Crippen LogP) is 3.34. The number of hydrogen-bond acceptors (Lipinski definition) is 3. The maximum atomic E-state index is 5.77. The summed E-state index contributed by atoms with van der Waals surface area (Å²) in [7, 11) is 0. The zero-order valence-electron chi connectivity index (χ0n) is 13.3. The summed E-state index contributed by atoms with van der Waals surface area (Å²) in [5.41, 5.74) is 6.09. The third-order valence-corrected chi connectivity index (χ3v) is 4.82. The van der Waals surface area contributed by atoms with Gasteiger partial charge in [-0.25, -0.2) is 0 Å². The van der Waals surface area contributed by atoms with Crippen LogP contribution in [-0.4, -0.2) is 21.3 Å². The van der Waals surface area contributed by atoms with Gasteiger partial charge in [0.25, 0.3) is 0 Å². The van der Waals surface area contributed by atoms with Gasteiger partial charge in [-0.1, -0.05) is 33.6 Å². The van der Waals surface area contributed by atoms with Crippen molar-refractivity contribution >= 4 is 0 Å². The minimum atomic E-state index is 0.317. The lowest BCUT2D eigenvalue weighted by molar-refractivity contribution is 0.213. The molecule has 0 aromatic carbocycles. The standard InChI is InChI=1S/C16H30N4/c1-16(2,3)13(10-11-17)8-9-15-19-18-12-20(15)14-6-4-5-7-14/h12-14H,4-11,17H2,1-3H3. The molecule has 0 amide bonds. The molecule has 20 heavy (non-hydrogen) atoms. The van der Waals surface area contributed by atoms with E-state index in [1.165, 1.54) is 31.5 Å². The van der Waals surface area contributed by atoms with Crippen molar-refractivity contribution in [2.75, 3.05) is 6.54 Å². The Balaban J connectivity index is 1.97. The van der Waals surface area contributed by atoms with Gasteiger partial charge in [0.1, 0.15) is 12.2 Å². The van der Waals surface area contributed by atoms with Crippen molar-refractivity contribution in [3.8, 4) is 0 Å². The molecule has 2 N–H and O–H groups in total. The highest BCUT2D eigenvalue weighted by molar-refractivity contribution is 4.92. The molecule has 1 fully saturated rings. The van der Waals surface area contributed by atoms with Gasteiger partial charge in [0.15, 0.2) is 0 Å². The molecule has 0 bridgehead atoms. The third kappa shape index (κ3) is 3.81. The van der Waals surface area contributed by atoms with E-state index in [9.17, 15) is 0 Å². The van der Waals surface area contributed by atoms with Crippen molar-refractivity contribution in [2.24, 2.45) is 17.1 Å². The largest absolute Gasteiger partial charge is 0.330 e. The highest BCUT2D eigenvalue weighted by Crippen LogP contribution is 2.33. The number of nitrogens with zero attached hydrogens (tertiary/aromatic N) is 3. The van der Waals surface area contributed by atoms with Crippen molar-refractivity contribution in [3.63, 3.8) is 0 Å². The topological polar surface area (TPSA) is 56.7 Å². The first-order chi connectivity index (χ1) is 9.52. The minimum Gasteiger partial charge on any atom is -0.330 e. The molecule has 2 rings (SSSR count). The normalized spacial score (nSPS) is 18.6. The molecular formula is C16H30N4. The van der Waals surface area contributed by atoms with Crippen LogP contribution in [0.15, 0.2) is 6.33 Å². The van der Waals surface area contributed by atoms with Gasteiger partial charge < -0.3 is 10.3 Å². The van der Waals surface area contributed by atoms with Crippen LogP contribution >= 0.6 is 0 Å². The Labute approximate surface area is 123 Å². The molecule has 0 radical (unpaired) electrons. The number of aryl methyl sites for hydroxylation is 1. The number of rotatable bonds is 6. The van der Waals surface area contributed by atoms with Crippen LogP contribution in [-0.2, 0) is 6.42 Å². The van der Waals surface area contributed by atoms with Crippen LogP contribution < -0.4 is 5.73 Å². The lowest BCUT2D eigenvalue weighted by atomic mass is 9.76. The van der Waals surface area contributed by atoms with E-state index in [1.54, 1.807) is 0 Å². The van der Waals surface area contributed by atoms with Crippen LogP contribution in [0.4, 0.5) is 0 Å². The molecule has 1 aromatic heterocycles. The molecule has 114 valence electrons. The quantitative estimate of drug-likeness (QED) is 0.868. The molecule has 1 aromatic rings. The molecule has 4 nitrogen and oxygen atoms in total. The molecule has 1 saturated carbocycles. The number of hydrogen-bond donors (Lipinski definition) is 1. The summed E-state index contributed by atoms with van der Waals surface area (Å²) >= 11 is 0. The summed E-state index contributed by atoms with van der Waals surface area (Å²) in [5.74, 6) is 1.82. The van der Waals surface area contributed by atoms with Gasteiger partial charge in [0, 0.05) is 12.5 Å². The summed E-state index contributed by atoms with van der Waals surface area (Å²) in [6, 6.07) is 0.641. The van der Waals surface area contributed by atoms with E-state index in [2.05, 4.69) is 35.5 Å². The van der Waals surface area contributed by atoms with E-state index in [0.29, 0.717) is 17.4 Å². The van der Waals surface area contributed by atoms with Gasteiger partial charge in [-0.15, -0.1) is 10.2 Å². The Kier molecular flexibility index (Phi) is 5.19. The van der Waals surface area contributed by atoms with E-state index < -0.39 is 0 Å². The van der Waals surface area contributed by atoms with Crippen molar-refractivity contribution < 1.29 is 0 Å². The zero-order chi connectivity index (χ0) is 14.6. The summed E-state index contributed by atoms with van der Waals surface area (Å²) in [6.45, 7) is 7.72. The van der Waals surface area contributed by atoms with Crippen molar-refractivity contribution in [3.05, 3.63) is 12.2 Å². The second kappa shape index (κ2) is 6.70. The van der Waals surface area contributed by atoms with Gasteiger partial charge in [-0.2, -0.15) is 0 Å². The molecule has 4 heteroatoms.